The molecule has 2 rings (SSSR count). The molecule has 8 heteroatoms. The molecule has 1 aromatic carbocycles. The zero-order valence-electron chi connectivity index (χ0n) is 10.3. The molecule has 0 atom stereocenters. The molecule has 104 valence electrons. The molecule has 0 aliphatic rings. The summed E-state index contributed by atoms with van der Waals surface area (Å²) in [5.74, 6) is 0.191. The lowest BCUT2D eigenvalue weighted by molar-refractivity contribution is 0.413. The summed E-state index contributed by atoms with van der Waals surface area (Å²) in [7, 11) is -2.41. The van der Waals surface area contributed by atoms with E-state index in [-0.39, 0.29) is 15.6 Å². The third kappa shape index (κ3) is 2.84. The van der Waals surface area contributed by atoms with Crippen molar-refractivity contribution < 1.29 is 18.3 Å². The number of methoxy groups -OCH3 is 1. The van der Waals surface area contributed by atoms with E-state index in [0.29, 0.717) is 10.6 Å². The van der Waals surface area contributed by atoms with Gasteiger partial charge in [0.25, 0.3) is 10.0 Å². The van der Waals surface area contributed by atoms with E-state index >= 15 is 0 Å². The molecule has 2 aromatic rings. The van der Waals surface area contributed by atoms with Gasteiger partial charge in [0.2, 0.25) is 0 Å². The van der Waals surface area contributed by atoms with Crippen molar-refractivity contribution in [3.05, 3.63) is 35.2 Å². The quantitative estimate of drug-likeness (QED) is 0.843. The van der Waals surface area contributed by atoms with Crippen LogP contribution in [0.15, 0.2) is 34.5 Å². The highest BCUT2D eigenvalue weighted by molar-refractivity contribution is 7.94. The van der Waals surface area contributed by atoms with Gasteiger partial charge in [0.15, 0.2) is 0 Å². The summed E-state index contributed by atoms with van der Waals surface area (Å²) in [6.07, 6.45) is 0. The smallest absolute Gasteiger partial charge is 0.271 e. The number of nitrogens with zero attached hydrogens (tertiary/aromatic N) is 1. The molecule has 20 heavy (non-hydrogen) atoms. The zero-order chi connectivity index (χ0) is 14.8. The highest BCUT2D eigenvalue weighted by Gasteiger charge is 2.19. The van der Waals surface area contributed by atoms with Crippen LogP contribution in [0.25, 0.3) is 0 Å². The maximum Gasteiger partial charge on any atom is 0.271 e. The topological polar surface area (TPSA) is 99.4 Å². The van der Waals surface area contributed by atoms with Gasteiger partial charge in [0.1, 0.15) is 26.7 Å². The Hall–Kier alpha value is -2.24. The fourth-order valence-corrected chi connectivity index (χ4v) is 3.61. The molecule has 0 aliphatic heterocycles. The zero-order valence-corrected chi connectivity index (χ0v) is 12.0. The van der Waals surface area contributed by atoms with Crippen LogP contribution in [0.4, 0.5) is 5.69 Å². The molecule has 0 bridgehead atoms. The number of rotatable bonds is 4. The van der Waals surface area contributed by atoms with E-state index in [1.54, 1.807) is 0 Å². The van der Waals surface area contributed by atoms with Crippen molar-refractivity contribution in [1.82, 2.24) is 0 Å². The van der Waals surface area contributed by atoms with E-state index in [0.717, 1.165) is 11.3 Å². The van der Waals surface area contributed by atoms with Crippen molar-refractivity contribution in [2.75, 3.05) is 11.8 Å². The van der Waals surface area contributed by atoms with Gasteiger partial charge in [-0.05, 0) is 24.3 Å². The van der Waals surface area contributed by atoms with Crippen LogP contribution in [0.1, 0.15) is 4.88 Å². The molecule has 0 spiro atoms. The molecule has 0 aliphatic carbocycles. The molecule has 0 saturated heterocycles. The first-order valence-corrected chi connectivity index (χ1v) is 7.66. The third-order valence-electron chi connectivity index (χ3n) is 2.40. The van der Waals surface area contributed by atoms with Crippen LogP contribution in [-0.2, 0) is 10.0 Å². The molecule has 1 heterocycles. The largest absolute Gasteiger partial charge is 0.506 e. The first-order valence-electron chi connectivity index (χ1n) is 5.36. The SMILES string of the molecule is COc1ccc(O)c(NS(=O)(=O)c2ccc(C#N)s2)c1. The minimum atomic E-state index is -3.85. The molecule has 0 unspecified atom stereocenters. The molecule has 0 fully saturated rings. The number of aromatic hydroxyl groups is 1. The number of phenolic OH excluding ortho intramolecular Hbond substituents is 1. The molecule has 0 amide bonds. The average Bonchev–Trinajstić information content (AvgIpc) is 2.91. The van der Waals surface area contributed by atoms with Crippen molar-refractivity contribution in [1.29, 1.82) is 5.26 Å². The number of ether oxygens (including phenoxy) is 1. The first kappa shape index (κ1) is 14.2. The van der Waals surface area contributed by atoms with Crippen LogP contribution >= 0.6 is 11.3 Å². The average molecular weight is 310 g/mol. The number of thiophene rings is 1. The van der Waals surface area contributed by atoms with Gasteiger partial charge in [0, 0.05) is 6.07 Å². The first-order chi connectivity index (χ1) is 9.46. The monoisotopic (exact) mass is 310 g/mol. The van der Waals surface area contributed by atoms with Crippen LogP contribution < -0.4 is 9.46 Å². The fraction of sp³-hybridized carbons (Fsp3) is 0.0833. The number of sulfonamides is 1. The second-order valence-electron chi connectivity index (χ2n) is 3.72. The van der Waals surface area contributed by atoms with E-state index in [4.69, 9.17) is 10.00 Å². The van der Waals surface area contributed by atoms with Gasteiger partial charge in [-0.15, -0.1) is 11.3 Å². The number of benzene rings is 1. The normalized spacial score (nSPS) is 10.8. The predicted octanol–water partition coefficient (Wildman–Crippen LogP) is 2.13. The Labute approximate surface area is 119 Å². The van der Waals surface area contributed by atoms with Crippen molar-refractivity contribution >= 4 is 27.0 Å². The Balaban J connectivity index is 2.35. The Kier molecular flexibility index (Phi) is 3.83. The lowest BCUT2D eigenvalue weighted by Crippen LogP contribution is -2.11. The van der Waals surface area contributed by atoms with Gasteiger partial charge in [-0.3, -0.25) is 4.72 Å². The summed E-state index contributed by atoms with van der Waals surface area (Å²) in [6.45, 7) is 0. The van der Waals surface area contributed by atoms with Crippen molar-refractivity contribution in [2.24, 2.45) is 0 Å². The molecular weight excluding hydrogens is 300 g/mol. The molecule has 0 radical (unpaired) electrons. The van der Waals surface area contributed by atoms with E-state index < -0.39 is 10.0 Å². The maximum atomic E-state index is 12.1. The highest BCUT2D eigenvalue weighted by atomic mass is 32.2. The van der Waals surface area contributed by atoms with Gasteiger partial charge in [0.05, 0.1) is 12.8 Å². The standard InChI is InChI=1S/C12H10N2O4S2/c1-18-8-2-4-11(15)10(6-8)14-20(16,17)12-5-3-9(7-13)19-12/h2-6,14-15H,1H3. The lowest BCUT2D eigenvalue weighted by atomic mass is 10.3. The van der Waals surface area contributed by atoms with Gasteiger partial charge in [-0.2, -0.15) is 5.26 Å². The summed E-state index contributed by atoms with van der Waals surface area (Å²) in [4.78, 5) is 0.292. The second-order valence-corrected chi connectivity index (χ2v) is 6.71. The second kappa shape index (κ2) is 5.40. The summed E-state index contributed by atoms with van der Waals surface area (Å²) < 4.78 is 31.5. The van der Waals surface area contributed by atoms with E-state index in [9.17, 15) is 13.5 Å². The number of phenols is 1. The minimum Gasteiger partial charge on any atom is -0.506 e. The summed E-state index contributed by atoms with van der Waals surface area (Å²) in [6, 6.07) is 8.83. The van der Waals surface area contributed by atoms with E-state index in [1.807, 2.05) is 6.07 Å². The molecule has 0 saturated carbocycles. The van der Waals surface area contributed by atoms with Crippen LogP contribution in [0.3, 0.4) is 0 Å². The number of anilines is 1. The van der Waals surface area contributed by atoms with Gasteiger partial charge in [-0.25, -0.2) is 8.42 Å². The van der Waals surface area contributed by atoms with E-state index in [1.165, 1.54) is 37.4 Å². The summed E-state index contributed by atoms with van der Waals surface area (Å²) >= 11 is 0.850. The van der Waals surface area contributed by atoms with Crippen LogP contribution in [0.5, 0.6) is 11.5 Å². The summed E-state index contributed by atoms with van der Waals surface area (Å²) in [5.41, 5.74) is 0.0104. The lowest BCUT2D eigenvalue weighted by Gasteiger charge is -2.09. The van der Waals surface area contributed by atoms with E-state index in [2.05, 4.69) is 4.72 Å². The number of hydrogen-bond acceptors (Lipinski definition) is 6. The van der Waals surface area contributed by atoms with Gasteiger partial charge < -0.3 is 9.84 Å². The van der Waals surface area contributed by atoms with Crippen LogP contribution in [0, 0.1) is 11.3 Å². The Morgan fingerprint density at radius 3 is 2.70 bits per heavy atom. The molecule has 6 nitrogen and oxygen atoms in total. The fourth-order valence-electron chi connectivity index (χ4n) is 1.44. The number of nitrogens with one attached hydrogen (secondary N) is 1. The Morgan fingerprint density at radius 1 is 1.35 bits per heavy atom. The highest BCUT2D eigenvalue weighted by Crippen LogP contribution is 2.31. The van der Waals surface area contributed by atoms with Crippen LogP contribution in [0.2, 0.25) is 0 Å². The number of nitriles is 1. The predicted molar refractivity (Wildman–Crippen MR) is 74.5 cm³/mol. The maximum absolute atomic E-state index is 12.1. The Morgan fingerprint density at radius 2 is 2.10 bits per heavy atom. The number of hydrogen-bond donors (Lipinski definition) is 2. The van der Waals surface area contributed by atoms with Crippen molar-refractivity contribution in [3.63, 3.8) is 0 Å². The third-order valence-corrected chi connectivity index (χ3v) is 5.25. The Bertz CT molecular complexity index is 775. The van der Waals surface area contributed by atoms with Crippen LogP contribution in [-0.4, -0.2) is 20.6 Å². The van der Waals surface area contributed by atoms with Crippen molar-refractivity contribution in [2.45, 2.75) is 4.21 Å². The molecule has 2 N–H and O–H groups in total. The van der Waals surface area contributed by atoms with Crippen molar-refractivity contribution in [3.8, 4) is 17.6 Å². The minimum absolute atomic E-state index is 0.00345. The summed E-state index contributed by atoms with van der Waals surface area (Å²) in [5, 5.41) is 18.4. The molecule has 1 aromatic heterocycles. The van der Waals surface area contributed by atoms with Gasteiger partial charge >= 0.3 is 0 Å². The van der Waals surface area contributed by atoms with Gasteiger partial charge in [-0.1, -0.05) is 0 Å². The molecular formula is C12H10N2O4S2.